The van der Waals surface area contributed by atoms with Crippen molar-refractivity contribution in [1.82, 2.24) is 0 Å². The van der Waals surface area contributed by atoms with Gasteiger partial charge in [0.15, 0.2) is 0 Å². The average Bonchev–Trinajstić information content (AvgIpc) is 2.21. The highest BCUT2D eigenvalue weighted by atomic mass is 14.8. The zero-order chi connectivity index (χ0) is 8.93. The van der Waals surface area contributed by atoms with Crippen LogP contribution in [0.3, 0.4) is 0 Å². The van der Waals surface area contributed by atoms with Crippen molar-refractivity contribution in [3.8, 4) is 0 Å². The number of rotatable bonds is 1. The van der Waals surface area contributed by atoms with Crippen molar-refractivity contribution in [2.45, 2.75) is 57.4 Å². The minimum atomic E-state index is 0.659. The molecule has 0 aliphatic heterocycles. The Morgan fingerprint density at radius 3 is 2.62 bits per heavy atom. The molecule has 0 amide bonds. The fraction of sp³-hybridized carbons (Fsp3) is 0.750. The van der Waals surface area contributed by atoms with Crippen LogP contribution in [0, 0.1) is 0 Å². The molecule has 0 spiro atoms. The molecule has 0 unspecified atom stereocenters. The Bertz CT molecular complexity index is 209. The second kappa shape index (κ2) is 4.59. The van der Waals surface area contributed by atoms with E-state index in [1.807, 2.05) is 0 Å². The Hall–Kier alpha value is -0.590. The Kier molecular flexibility index (Phi) is 3.17. The molecular formula is C12H19N. The van der Waals surface area contributed by atoms with E-state index in [1.165, 1.54) is 57.1 Å². The fourth-order valence-electron chi connectivity index (χ4n) is 2.26. The van der Waals surface area contributed by atoms with Gasteiger partial charge >= 0.3 is 0 Å². The summed E-state index contributed by atoms with van der Waals surface area (Å²) in [5.41, 5.74) is 1.36. The highest BCUT2D eigenvalue weighted by molar-refractivity contribution is 5.95. The monoisotopic (exact) mass is 177 g/mol. The lowest BCUT2D eigenvalue weighted by atomic mass is 9.95. The third kappa shape index (κ3) is 2.68. The molecule has 0 aromatic heterocycles. The van der Waals surface area contributed by atoms with E-state index in [-0.39, 0.29) is 0 Å². The second-order valence-electron chi connectivity index (χ2n) is 4.21. The second-order valence-corrected chi connectivity index (χ2v) is 4.21. The van der Waals surface area contributed by atoms with Gasteiger partial charge in [-0.25, -0.2) is 0 Å². The molecule has 0 bridgehead atoms. The Morgan fingerprint density at radius 1 is 1.08 bits per heavy atom. The first kappa shape index (κ1) is 8.98. The maximum Gasteiger partial charge on any atom is 0.0502 e. The summed E-state index contributed by atoms with van der Waals surface area (Å²) in [6.07, 6.45) is 15.2. The van der Waals surface area contributed by atoms with Gasteiger partial charge in [-0.1, -0.05) is 25.3 Å². The number of hydrogen-bond donors (Lipinski definition) is 0. The standard InChI is InChI=1S/C12H19N/c1-3-7-11(8-4-1)13-12-9-5-2-6-10-12/h3,7,12H,1-2,4-6,8-10H2. The summed E-state index contributed by atoms with van der Waals surface area (Å²) < 4.78 is 0. The first-order chi connectivity index (χ1) is 6.45. The maximum absolute atomic E-state index is 4.82. The van der Waals surface area contributed by atoms with Gasteiger partial charge in [0, 0.05) is 5.71 Å². The molecule has 0 N–H and O–H groups in total. The van der Waals surface area contributed by atoms with Crippen molar-refractivity contribution in [2.75, 3.05) is 0 Å². The molecule has 2 aliphatic rings. The van der Waals surface area contributed by atoms with Gasteiger partial charge in [0.1, 0.15) is 0 Å². The van der Waals surface area contributed by atoms with Crippen LogP contribution < -0.4 is 0 Å². The van der Waals surface area contributed by atoms with E-state index in [0.717, 1.165) is 0 Å². The van der Waals surface area contributed by atoms with Crippen molar-refractivity contribution in [2.24, 2.45) is 4.99 Å². The minimum Gasteiger partial charge on any atom is -0.286 e. The molecule has 0 radical (unpaired) electrons. The van der Waals surface area contributed by atoms with Crippen LogP contribution in [0.2, 0.25) is 0 Å². The van der Waals surface area contributed by atoms with Gasteiger partial charge in [-0.05, 0) is 38.2 Å². The molecule has 0 saturated heterocycles. The molecule has 0 aromatic carbocycles. The lowest BCUT2D eigenvalue weighted by Crippen LogP contribution is -2.12. The number of aliphatic imine (C=N–C) groups is 1. The van der Waals surface area contributed by atoms with Crippen LogP contribution in [-0.2, 0) is 0 Å². The van der Waals surface area contributed by atoms with E-state index in [4.69, 9.17) is 4.99 Å². The van der Waals surface area contributed by atoms with Crippen LogP contribution in [0.4, 0.5) is 0 Å². The van der Waals surface area contributed by atoms with Crippen molar-refractivity contribution < 1.29 is 0 Å². The minimum absolute atomic E-state index is 0.659. The maximum atomic E-state index is 4.82. The third-order valence-electron chi connectivity index (χ3n) is 3.04. The zero-order valence-corrected chi connectivity index (χ0v) is 8.34. The van der Waals surface area contributed by atoms with Gasteiger partial charge in [-0.15, -0.1) is 0 Å². The average molecular weight is 177 g/mol. The predicted molar refractivity (Wildman–Crippen MR) is 57.3 cm³/mol. The lowest BCUT2D eigenvalue weighted by Gasteiger charge is -2.19. The van der Waals surface area contributed by atoms with Crippen LogP contribution >= 0.6 is 0 Å². The summed E-state index contributed by atoms with van der Waals surface area (Å²) in [5.74, 6) is 0. The topological polar surface area (TPSA) is 12.4 Å². The van der Waals surface area contributed by atoms with Gasteiger partial charge in [0.2, 0.25) is 0 Å². The van der Waals surface area contributed by atoms with E-state index in [2.05, 4.69) is 12.2 Å². The van der Waals surface area contributed by atoms with Gasteiger partial charge < -0.3 is 0 Å². The van der Waals surface area contributed by atoms with Crippen molar-refractivity contribution in [3.63, 3.8) is 0 Å². The molecule has 72 valence electrons. The van der Waals surface area contributed by atoms with Crippen LogP contribution in [0.15, 0.2) is 17.1 Å². The summed E-state index contributed by atoms with van der Waals surface area (Å²) in [6, 6.07) is 0.659. The molecule has 1 heteroatoms. The van der Waals surface area contributed by atoms with Gasteiger partial charge in [0.25, 0.3) is 0 Å². The Balaban J connectivity index is 1.92. The first-order valence-electron chi connectivity index (χ1n) is 5.68. The van der Waals surface area contributed by atoms with E-state index in [0.29, 0.717) is 6.04 Å². The molecule has 1 nitrogen and oxygen atoms in total. The first-order valence-corrected chi connectivity index (χ1v) is 5.68. The third-order valence-corrected chi connectivity index (χ3v) is 3.04. The number of hydrogen-bond acceptors (Lipinski definition) is 1. The van der Waals surface area contributed by atoms with E-state index < -0.39 is 0 Å². The smallest absolute Gasteiger partial charge is 0.0502 e. The Labute approximate surface area is 80.9 Å². The van der Waals surface area contributed by atoms with Crippen LogP contribution in [-0.4, -0.2) is 11.8 Å². The van der Waals surface area contributed by atoms with Crippen molar-refractivity contribution >= 4 is 5.71 Å². The summed E-state index contributed by atoms with van der Waals surface area (Å²) in [7, 11) is 0. The molecule has 1 fully saturated rings. The molecule has 0 atom stereocenters. The molecule has 1 saturated carbocycles. The van der Waals surface area contributed by atoms with Crippen LogP contribution in [0.5, 0.6) is 0 Å². The quantitative estimate of drug-likeness (QED) is 0.581. The van der Waals surface area contributed by atoms with Gasteiger partial charge in [-0.2, -0.15) is 0 Å². The zero-order valence-electron chi connectivity index (χ0n) is 8.34. The van der Waals surface area contributed by atoms with Crippen molar-refractivity contribution in [1.29, 1.82) is 0 Å². The summed E-state index contributed by atoms with van der Waals surface area (Å²) in [5, 5.41) is 0. The van der Waals surface area contributed by atoms with Crippen LogP contribution in [0.1, 0.15) is 51.4 Å². The molecule has 13 heavy (non-hydrogen) atoms. The Morgan fingerprint density at radius 2 is 1.92 bits per heavy atom. The SMILES string of the molecule is C1=CC(=NC2CCCCC2)CCC1. The summed E-state index contributed by atoms with van der Waals surface area (Å²) in [6.45, 7) is 0. The predicted octanol–water partition coefficient (Wildman–Crippen LogP) is 3.50. The van der Waals surface area contributed by atoms with E-state index in [1.54, 1.807) is 0 Å². The van der Waals surface area contributed by atoms with Crippen molar-refractivity contribution in [3.05, 3.63) is 12.2 Å². The van der Waals surface area contributed by atoms with Crippen LogP contribution in [0.25, 0.3) is 0 Å². The fourth-order valence-corrected chi connectivity index (χ4v) is 2.26. The van der Waals surface area contributed by atoms with Gasteiger partial charge in [0.05, 0.1) is 6.04 Å². The summed E-state index contributed by atoms with van der Waals surface area (Å²) >= 11 is 0. The number of nitrogens with zero attached hydrogens (tertiary/aromatic N) is 1. The van der Waals surface area contributed by atoms with E-state index >= 15 is 0 Å². The molecule has 2 rings (SSSR count). The normalized spacial score (nSPS) is 28.2. The number of allylic oxidation sites excluding steroid dienone is 2. The highest BCUT2D eigenvalue weighted by Gasteiger charge is 2.12. The molecule has 2 aliphatic carbocycles. The molecular weight excluding hydrogens is 158 g/mol. The summed E-state index contributed by atoms with van der Waals surface area (Å²) in [4.78, 5) is 4.82. The molecule has 0 heterocycles. The molecule has 0 aromatic rings. The highest BCUT2D eigenvalue weighted by Crippen LogP contribution is 2.21. The van der Waals surface area contributed by atoms with E-state index in [9.17, 15) is 0 Å². The largest absolute Gasteiger partial charge is 0.286 e. The lowest BCUT2D eigenvalue weighted by molar-refractivity contribution is 0.443. The van der Waals surface area contributed by atoms with Gasteiger partial charge in [-0.3, -0.25) is 4.99 Å².